The molecule has 2 aromatic carbocycles. The highest BCUT2D eigenvalue weighted by molar-refractivity contribution is 6.31. The first kappa shape index (κ1) is 17.9. The number of rotatable bonds is 4. The van der Waals surface area contributed by atoms with E-state index in [0.29, 0.717) is 37.6 Å². The van der Waals surface area contributed by atoms with Crippen molar-refractivity contribution in [2.75, 3.05) is 19.6 Å². The van der Waals surface area contributed by atoms with Crippen molar-refractivity contribution in [2.24, 2.45) is 0 Å². The van der Waals surface area contributed by atoms with Crippen molar-refractivity contribution in [2.45, 2.75) is 19.5 Å². The average Bonchev–Trinajstić information content (AvgIpc) is 3.07. The van der Waals surface area contributed by atoms with Gasteiger partial charge in [-0.25, -0.2) is 9.02 Å². The molecule has 0 unspecified atom stereocenters. The summed E-state index contributed by atoms with van der Waals surface area (Å²) in [7, 11) is 0. The minimum absolute atomic E-state index is 0.0687. The molecule has 1 saturated heterocycles. The molecule has 0 saturated carbocycles. The molecule has 8 heteroatoms. The van der Waals surface area contributed by atoms with Crippen molar-refractivity contribution in [1.29, 1.82) is 0 Å². The second-order valence-electron chi connectivity index (χ2n) is 6.63. The smallest absolute Gasteiger partial charge is 0.224 e. The van der Waals surface area contributed by atoms with Crippen molar-refractivity contribution in [3.05, 3.63) is 58.4 Å². The molecule has 0 spiro atoms. The van der Waals surface area contributed by atoms with Gasteiger partial charge in [0.05, 0.1) is 0 Å². The average molecular weight is 389 g/mol. The SMILES string of the molecule is O=C1CCN(Cc2cccc3nonc23)CCN1Cc1ccc(F)cc1Cl. The van der Waals surface area contributed by atoms with E-state index in [-0.39, 0.29) is 11.7 Å². The van der Waals surface area contributed by atoms with Gasteiger partial charge in [0.1, 0.15) is 16.9 Å². The highest BCUT2D eigenvalue weighted by Gasteiger charge is 2.22. The van der Waals surface area contributed by atoms with Crippen molar-refractivity contribution in [3.63, 3.8) is 0 Å². The zero-order valence-electron chi connectivity index (χ0n) is 14.6. The van der Waals surface area contributed by atoms with Gasteiger partial charge in [0.25, 0.3) is 0 Å². The minimum Gasteiger partial charge on any atom is -0.337 e. The molecule has 0 atom stereocenters. The number of carbonyl (C=O) groups excluding carboxylic acids is 1. The zero-order valence-corrected chi connectivity index (χ0v) is 15.3. The van der Waals surface area contributed by atoms with Crippen LogP contribution in [0.15, 0.2) is 41.0 Å². The highest BCUT2D eigenvalue weighted by atomic mass is 35.5. The van der Waals surface area contributed by atoms with E-state index >= 15 is 0 Å². The molecule has 1 aromatic heterocycles. The molecule has 4 rings (SSSR count). The number of fused-ring (bicyclic) bond motifs is 1. The number of amides is 1. The molecular formula is C19H18ClFN4O2. The largest absolute Gasteiger partial charge is 0.337 e. The molecule has 140 valence electrons. The Labute approximate surface area is 160 Å². The van der Waals surface area contributed by atoms with E-state index in [0.717, 1.165) is 28.7 Å². The standard InChI is InChI=1S/C19H18ClFN4O2/c20-16-10-15(21)5-4-13(16)12-25-9-8-24(7-6-18(25)26)11-14-2-1-3-17-19(14)23-27-22-17/h1-5,10H,6-9,11-12H2. The van der Waals surface area contributed by atoms with Gasteiger partial charge in [-0.1, -0.05) is 29.8 Å². The summed E-state index contributed by atoms with van der Waals surface area (Å²) in [5, 5.41) is 8.19. The fourth-order valence-corrected chi connectivity index (χ4v) is 3.55. The van der Waals surface area contributed by atoms with Gasteiger partial charge in [-0.2, -0.15) is 0 Å². The number of hydrogen-bond donors (Lipinski definition) is 0. The van der Waals surface area contributed by atoms with Crippen LogP contribution in [0.3, 0.4) is 0 Å². The van der Waals surface area contributed by atoms with E-state index in [4.69, 9.17) is 16.2 Å². The quantitative estimate of drug-likeness (QED) is 0.686. The molecule has 0 aliphatic carbocycles. The van der Waals surface area contributed by atoms with Crippen LogP contribution in [0.25, 0.3) is 11.0 Å². The van der Waals surface area contributed by atoms with Crippen molar-refractivity contribution in [3.8, 4) is 0 Å². The lowest BCUT2D eigenvalue weighted by atomic mass is 10.1. The van der Waals surface area contributed by atoms with Crippen molar-refractivity contribution < 1.29 is 13.8 Å². The van der Waals surface area contributed by atoms with Gasteiger partial charge in [-0.05, 0) is 39.6 Å². The summed E-state index contributed by atoms with van der Waals surface area (Å²) in [5.74, 6) is -0.312. The van der Waals surface area contributed by atoms with Gasteiger partial charge < -0.3 is 4.90 Å². The number of halogens is 2. The molecule has 1 fully saturated rings. The normalized spacial score (nSPS) is 16.1. The van der Waals surface area contributed by atoms with Crippen LogP contribution in [0.4, 0.5) is 4.39 Å². The van der Waals surface area contributed by atoms with Gasteiger partial charge in [-0.3, -0.25) is 9.69 Å². The summed E-state index contributed by atoms with van der Waals surface area (Å²) in [6.45, 7) is 3.03. The van der Waals surface area contributed by atoms with E-state index < -0.39 is 0 Å². The highest BCUT2D eigenvalue weighted by Crippen LogP contribution is 2.21. The third kappa shape index (κ3) is 3.94. The first-order valence-corrected chi connectivity index (χ1v) is 9.12. The molecule has 3 aromatic rings. The summed E-state index contributed by atoms with van der Waals surface area (Å²) in [5.41, 5.74) is 3.25. The predicted molar refractivity (Wildman–Crippen MR) is 98.5 cm³/mol. The monoisotopic (exact) mass is 388 g/mol. The van der Waals surface area contributed by atoms with Gasteiger partial charge in [0, 0.05) is 44.2 Å². The lowest BCUT2D eigenvalue weighted by Crippen LogP contribution is -2.32. The van der Waals surface area contributed by atoms with Crippen LogP contribution in [0.1, 0.15) is 17.5 Å². The summed E-state index contributed by atoms with van der Waals surface area (Å²) in [6.07, 6.45) is 0.422. The molecule has 1 aliphatic rings. The van der Waals surface area contributed by atoms with Gasteiger partial charge >= 0.3 is 0 Å². The Kier molecular flexibility index (Phi) is 5.05. The van der Waals surface area contributed by atoms with E-state index in [9.17, 15) is 9.18 Å². The topological polar surface area (TPSA) is 62.5 Å². The summed E-state index contributed by atoms with van der Waals surface area (Å²) in [4.78, 5) is 16.5. The first-order valence-electron chi connectivity index (χ1n) is 8.74. The van der Waals surface area contributed by atoms with Crippen LogP contribution >= 0.6 is 11.6 Å². The third-order valence-corrected chi connectivity index (χ3v) is 5.17. The van der Waals surface area contributed by atoms with Crippen LogP contribution in [0.2, 0.25) is 5.02 Å². The van der Waals surface area contributed by atoms with Crippen molar-refractivity contribution >= 4 is 28.5 Å². The summed E-state index contributed by atoms with van der Waals surface area (Å²) < 4.78 is 18.0. The molecule has 0 N–H and O–H groups in total. The summed E-state index contributed by atoms with van der Waals surface area (Å²) in [6, 6.07) is 10.0. The van der Waals surface area contributed by atoms with Crippen LogP contribution in [0.5, 0.6) is 0 Å². The van der Waals surface area contributed by atoms with E-state index in [1.165, 1.54) is 12.1 Å². The van der Waals surface area contributed by atoms with Crippen LogP contribution < -0.4 is 0 Å². The Morgan fingerprint density at radius 3 is 2.81 bits per heavy atom. The minimum atomic E-state index is -0.381. The number of nitrogens with zero attached hydrogens (tertiary/aromatic N) is 4. The van der Waals surface area contributed by atoms with E-state index in [1.807, 2.05) is 18.2 Å². The summed E-state index contributed by atoms with van der Waals surface area (Å²) >= 11 is 6.11. The second-order valence-corrected chi connectivity index (χ2v) is 7.03. The maximum atomic E-state index is 13.2. The molecule has 0 radical (unpaired) electrons. The van der Waals surface area contributed by atoms with Crippen LogP contribution in [-0.2, 0) is 17.9 Å². The molecule has 1 amide bonds. The predicted octanol–water partition coefficient (Wildman–Crippen LogP) is 3.25. The fraction of sp³-hybridized carbons (Fsp3) is 0.316. The number of hydrogen-bond acceptors (Lipinski definition) is 5. The van der Waals surface area contributed by atoms with E-state index in [1.54, 1.807) is 11.0 Å². The van der Waals surface area contributed by atoms with Gasteiger partial charge in [0.2, 0.25) is 5.91 Å². The number of aromatic nitrogens is 2. The fourth-order valence-electron chi connectivity index (χ4n) is 3.32. The Balaban J connectivity index is 1.44. The molecule has 2 heterocycles. The number of carbonyl (C=O) groups is 1. The first-order chi connectivity index (χ1) is 13.1. The lowest BCUT2D eigenvalue weighted by molar-refractivity contribution is -0.130. The zero-order chi connectivity index (χ0) is 18.8. The molecule has 6 nitrogen and oxygen atoms in total. The molecular weight excluding hydrogens is 371 g/mol. The Morgan fingerprint density at radius 1 is 1.07 bits per heavy atom. The Hall–Kier alpha value is -2.51. The lowest BCUT2D eigenvalue weighted by Gasteiger charge is -2.22. The Morgan fingerprint density at radius 2 is 1.96 bits per heavy atom. The van der Waals surface area contributed by atoms with Gasteiger partial charge in [0.15, 0.2) is 0 Å². The number of benzene rings is 2. The second kappa shape index (κ2) is 7.62. The van der Waals surface area contributed by atoms with Crippen LogP contribution in [0, 0.1) is 5.82 Å². The molecule has 0 bridgehead atoms. The van der Waals surface area contributed by atoms with Gasteiger partial charge in [-0.15, -0.1) is 0 Å². The molecule has 27 heavy (non-hydrogen) atoms. The molecule has 1 aliphatic heterocycles. The van der Waals surface area contributed by atoms with Crippen molar-refractivity contribution in [1.82, 2.24) is 20.1 Å². The maximum absolute atomic E-state index is 13.2. The Bertz CT molecular complexity index is 977. The van der Waals surface area contributed by atoms with Crippen LogP contribution in [-0.4, -0.2) is 45.7 Å². The maximum Gasteiger partial charge on any atom is 0.224 e. The van der Waals surface area contributed by atoms with E-state index in [2.05, 4.69) is 15.2 Å². The third-order valence-electron chi connectivity index (χ3n) is 4.82.